The minimum Gasteiger partial charge on any atom is -0.314 e. The second-order valence-electron chi connectivity index (χ2n) is 5.09. The smallest absolute Gasteiger partial charge is 0.167 e. The number of hydrogen-bond donors (Lipinski definition) is 1. The number of thiophene rings is 1. The first-order chi connectivity index (χ1) is 10.6. The Hall–Kier alpha value is -1.44. The van der Waals surface area contributed by atoms with Crippen LogP contribution in [0.5, 0.6) is 0 Å². The number of piperazine rings is 1. The van der Waals surface area contributed by atoms with Crippen LogP contribution in [0.3, 0.4) is 0 Å². The molecule has 2 aromatic rings. The van der Waals surface area contributed by atoms with E-state index in [1.165, 1.54) is 11.3 Å². The highest BCUT2D eigenvalue weighted by atomic mass is 32.1. The second kappa shape index (κ2) is 6.36. The van der Waals surface area contributed by atoms with Gasteiger partial charge in [0, 0.05) is 37.1 Å². The highest BCUT2D eigenvalue weighted by Gasteiger charge is 2.32. The molecule has 1 aromatic carbocycles. The van der Waals surface area contributed by atoms with E-state index in [2.05, 4.69) is 5.32 Å². The fourth-order valence-corrected chi connectivity index (χ4v) is 3.59. The lowest BCUT2D eigenvalue weighted by Gasteiger charge is -2.35. The third-order valence-corrected chi connectivity index (χ3v) is 4.67. The van der Waals surface area contributed by atoms with Crippen molar-refractivity contribution in [3.05, 3.63) is 57.3 Å². The first-order valence-corrected chi connectivity index (χ1v) is 7.78. The topological polar surface area (TPSA) is 15.3 Å². The lowest BCUT2D eigenvalue weighted by atomic mass is 10.0. The zero-order chi connectivity index (χ0) is 15.7. The molecule has 0 bridgehead atoms. The molecule has 1 aliphatic heterocycles. The molecule has 2 nitrogen and oxygen atoms in total. The molecule has 1 saturated heterocycles. The van der Waals surface area contributed by atoms with Crippen LogP contribution in [-0.4, -0.2) is 31.1 Å². The average Bonchev–Trinajstić information content (AvgIpc) is 3.04. The van der Waals surface area contributed by atoms with E-state index < -0.39 is 34.9 Å². The molecule has 22 heavy (non-hydrogen) atoms. The first-order valence-electron chi connectivity index (χ1n) is 6.90. The van der Waals surface area contributed by atoms with Crippen LogP contribution in [0.4, 0.5) is 17.6 Å². The van der Waals surface area contributed by atoms with Crippen molar-refractivity contribution in [2.24, 2.45) is 0 Å². The van der Waals surface area contributed by atoms with Gasteiger partial charge in [0.25, 0.3) is 0 Å². The summed E-state index contributed by atoms with van der Waals surface area (Å²) in [6, 6.07) is 2.89. The maximum atomic E-state index is 14.2. The normalized spacial score (nSPS) is 17.6. The van der Waals surface area contributed by atoms with Gasteiger partial charge in [0.1, 0.15) is 0 Å². The largest absolute Gasteiger partial charge is 0.314 e. The monoisotopic (exact) mass is 330 g/mol. The zero-order valence-corrected chi connectivity index (χ0v) is 12.4. The van der Waals surface area contributed by atoms with Gasteiger partial charge in [0.15, 0.2) is 23.3 Å². The fraction of sp³-hybridized carbons (Fsp3) is 0.333. The summed E-state index contributed by atoms with van der Waals surface area (Å²) in [5.74, 6) is -5.39. The predicted octanol–water partition coefficient (Wildman–Crippen LogP) is 3.30. The quantitative estimate of drug-likeness (QED) is 0.686. The molecule has 118 valence electrons. The lowest BCUT2D eigenvalue weighted by molar-refractivity contribution is 0.192. The molecule has 2 heterocycles. The number of nitrogens with zero attached hydrogens (tertiary/aromatic N) is 1. The average molecular weight is 330 g/mol. The van der Waals surface area contributed by atoms with E-state index in [1.807, 2.05) is 4.90 Å². The molecule has 7 heteroatoms. The number of benzene rings is 1. The molecule has 3 rings (SSSR count). The Morgan fingerprint density at radius 2 is 1.68 bits per heavy atom. The third kappa shape index (κ3) is 2.76. The van der Waals surface area contributed by atoms with E-state index >= 15 is 0 Å². The Morgan fingerprint density at radius 1 is 1.05 bits per heavy atom. The summed E-state index contributed by atoms with van der Waals surface area (Å²) in [7, 11) is 0. The van der Waals surface area contributed by atoms with Crippen LogP contribution in [0, 0.1) is 23.3 Å². The van der Waals surface area contributed by atoms with Gasteiger partial charge >= 0.3 is 0 Å². The van der Waals surface area contributed by atoms with Crippen LogP contribution in [0.25, 0.3) is 0 Å². The van der Waals surface area contributed by atoms with Gasteiger partial charge in [-0.3, -0.25) is 4.90 Å². The minimum absolute atomic E-state index is 0.247. The number of nitrogens with one attached hydrogen (secondary N) is 1. The third-order valence-electron chi connectivity index (χ3n) is 3.75. The molecule has 1 atom stereocenters. The SMILES string of the molecule is Fc1cc(F)c(F)c([C@@H](c2cccs2)N2CCNCC2)c1F. The Kier molecular flexibility index (Phi) is 4.46. The van der Waals surface area contributed by atoms with Crippen LogP contribution < -0.4 is 5.32 Å². The van der Waals surface area contributed by atoms with Gasteiger partial charge < -0.3 is 5.32 Å². The Bertz CT molecular complexity index is 628. The maximum Gasteiger partial charge on any atom is 0.167 e. The summed E-state index contributed by atoms with van der Waals surface area (Å²) in [6.07, 6.45) is 0. The molecule has 0 saturated carbocycles. The Balaban J connectivity index is 2.14. The van der Waals surface area contributed by atoms with Crippen LogP contribution in [0.1, 0.15) is 16.5 Å². The van der Waals surface area contributed by atoms with E-state index in [9.17, 15) is 17.6 Å². The van der Waals surface area contributed by atoms with Crippen molar-refractivity contribution in [2.45, 2.75) is 6.04 Å². The molecule has 0 unspecified atom stereocenters. The molecule has 0 amide bonds. The highest BCUT2D eigenvalue weighted by molar-refractivity contribution is 7.10. The van der Waals surface area contributed by atoms with Gasteiger partial charge in [-0.25, -0.2) is 17.6 Å². The molecule has 0 aliphatic carbocycles. The molecule has 1 fully saturated rings. The van der Waals surface area contributed by atoms with E-state index in [0.717, 1.165) is 0 Å². The predicted molar refractivity (Wildman–Crippen MR) is 76.9 cm³/mol. The molecule has 0 radical (unpaired) electrons. The zero-order valence-electron chi connectivity index (χ0n) is 11.6. The van der Waals surface area contributed by atoms with Crippen molar-refractivity contribution >= 4 is 11.3 Å². The van der Waals surface area contributed by atoms with Crippen LogP contribution in [0.15, 0.2) is 23.6 Å². The standard InChI is InChI=1S/C15H14F4N2S/c16-9-8-10(17)14(19)12(13(9)18)15(11-2-1-7-22-11)21-5-3-20-4-6-21/h1-2,7-8,15,20H,3-6H2/t15-/m1/s1. The van der Waals surface area contributed by atoms with Gasteiger partial charge in [-0.1, -0.05) is 6.07 Å². The second-order valence-corrected chi connectivity index (χ2v) is 6.07. The van der Waals surface area contributed by atoms with Gasteiger partial charge in [-0.15, -0.1) is 11.3 Å². The van der Waals surface area contributed by atoms with Crippen molar-refractivity contribution in [1.29, 1.82) is 0 Å². The maximum absolute atomic E-state index is 14.2. The molecule has 1 N–H and O–H groups in total. The van der Waals surface area contributed by atoms with Gasteiger partial charge in [0.2, 0.25) is 0 Å². The van der Waals surface area contributed by atoms with Crippen LogP contribution in [0.2, 0.25) is 0 Å². The Morgan fingerprint density at radius 3 is 2.23 bits per heavy atom. The Labute approximate surface area is 129 Å². The summed E-state index contributed by atoms with van der Waals surface area (Å²) in [6.45, 7) is 2.39. The van der Waals surface area contributed by atoms with Gasteiger partial charge in [-0.2, -0.15) is 0 Å². The van der Waals surface area contributed by atoms with E-state index in [1.54, 1.807) is 17.5 Å². The van der Waals surface area contributed by atoms with E-state index in [4.69, 9.17) is 0 Å². The van der Waals surface area contributed by atoms with E-state index in [0.29, 0.717) is 31.1 Å². The molecule has 0 spiro atoms. The molecule has 1 aromatic heterocycles. The van der Waals surface area contributed by atoms with Crippen molar-refractivity contribution < 1.29 is 17.6 Å². The van der Waals surface area contributed by atoms with Crippen molar-refractivity contribution in [2.75, 3.05) is 26.2 Å². The van der Waals surface area contributed by atoms with Crippen molar-refractivity contribution in [3.8, 4) is 0 Å². The number of halogens is 4. The summed E-state index contributed by atoms with van der Waals surface area (Å²) in [4.78, 5) is 2.49. The van der Waals surface area contributed by atoms with Crippen LogP contribution in [-0.2, 0) is 0 Å². The molecule has 1 aliphatic rings. The van der Waals surface area contributed by atoms with Gasteiger partial charge in [-0.05, 0) is 11.4 Å². The van der Waals surface area contributed by atoms with Crippen LogP contribution >= 0.6 is 11.3 Å². The number of hydrogen-bond acceptors (Lipinski definition) is 3. The lowest BCUT2D eigenvalue weighted by Crippen LogP contribution is -2.45. The van der Waals surface area contributed by atoms with E-state index in [-0.39, 0.29) is 6.07 Å². The molecular formula is C15H14F4N2S. The number of rotatable bonds is 3. The minimum atomic E-state index is -1.37. The van der Waals surface area contributed by atoms with Crippen molar-refractivity contribution in [1.82, 2.24) is 10.2 Å². The summed E-state index contributed by atoms with van der Waals surface area (Å²) in [5.41, 5.74) is -0.554. The summed E-state index contributed by atoms with van der Waals surface area (Å²) < 4.78 is 55.6. The summed E-state index contributed by atoms with van der Waals surface area (Å²) >= 11 is 1.31. The molecular weight excluding hydrogens is 316 g/mol. The fourth-order valence-electron chi connectivity index (χ4n) is 2.72. The summed E-state index contributed by atoms with van der Waals surface area (Å²) in [5, 5.41) is 4.92. The van der Waals surface area contributed by atoms with Gasteiger partial charge in [0.05, 0.1) is 11.6 Å². The highest BCUT2D eigenvalue weighted by Crippen LogP contribution is 2.36. The van der Waals surface area contributed by atoms with Crippen molar-refractivity contribution in [3.63, 3.8) is 0 Å². The first kappa shape index (κ1) is 15.5.